The Kier molecular flexibility index (Phi) is 8.82. The van der Waals surface area contributed by atoms with E-state index in [1.165, 1.54) is 22.8 Å². The predicted octanol–water partition coefficient (Wildman–Crippen LogP) is 6.15. The first-order chi connectivity index (χ1) is 21.6. The number of fused-ring (bicyclic) bond motifs is 2. The van der Waals surface area contributed by atoms with Crippen molar-refractivity contribution in [2.24, 2.45) is 0 Å². The first-order valence-corrected chi connectivity index (χ1v) is 15.6. The summed E-state index contributed by atoms with van der Waals surface area (Å²) in [6, 6.07) is 1.60. The van der Waals surface area contributed by atoms with Crippen molar-refractivity contribution in [2.75, 3.05) is 26.9 Å². The number of rotatable bonds is 9. The zero-order valence-electron chi connectivity index (χ0n) is 24.2. The second-order valence-electron chi connectivity index (χ2n) is 10.1. The summed E-state index contributed by atoms with van der Waals surface area (Å²) in [6.07, 6.45) is 1.12. The number of pyridine rings is 1. The summed E-state index contributed by atoms with van der Waals surface area (Å²) in [5.74, 6) is -5.41. The van der Waals surface area contributed by atoms with E-state index < -0.39 is 89.6 Å². The molecule has 246 valence electrons. The Hall–Kier alpha value is -4.16. The van der Waals surface area contributed by atoms with Crippen molar-refractivity contribution in [2.45, 2.75) is 31.4 Å². The fourth-order valence-electron chi connectivity index (χ4n) is 5.10. The van der Waals surface area contributed by atoms with Crippen molar-refractivity contribution in [3.05, 3.63) is 59.4 Å². The zero-order chi connectivity index (χ0) is 33.7. The largest absolute Gasteiger partial charge is 0.534 e. The van der Waals surface area contributed by atoms with Crippen molar-refractivity contribution < 1.29 is 53.2 Å². The van der Waals surface area contributed by atoms with E-state index in [-0.39, 0.29) is 25.5 Å². The molecule has 1 aliphatic heterocycles. The minimum atomic E-state index is -6.31. The van der Waals surface area contributed by atoms with Gasteiger partial charge in [0.25, 0.3) is 5.88 Å². The van der Waals surface area contributed by atoms with Crippen LogP contribution >= 0.6 is 11.3 Å². The van der Waals surface area contributed by atoms with Gasteiger partial charge in [-0.3, -0.25) is 9.48 Å². The van der Waals surface area contributed by atoms with Gasteiger partial charge >= 0.3 is 15.6 Å². The summed E-state index contributed by atoms with van der Waals surface area (Å²) in [5, 5.41) is 4.76. The van der Waals surface area contributed by atoms with Crippen molar-refractivity contribution in [3.63, 3.8) is 0 Å². The van der Waals surface area contributed by atoms with Crippen molar-refractivity contribution in [1.29, 1.82) is 0 Å². The summed E-state index contributed by atoms with van der Waals surface area (Å²) < 4.78 is 126. The van der Waals surface area contributed by atoms with E-state index in [2.05, 4.69) is 20.8 Å². The Bertz CT molecular complexity index is 1960. The smallest absolute Gasteiger partial charge is 0.490 e. The number of nitrogens with zero attached hydrogens (tertiary/aromatic N) is 4. The lowest BCUT2D eigenvalue weighted by molar-refractivity contribution is -0.129. The number of amides is 1. The SMILES string of the molecule is C=CC(=O)N1C[C@H](C)n2nc(-c3nc(OS(=O)(=O)C(F)(F)F)c4scc(F)c4c3-c3c(F)cc(F)cc3OCCOC)cc2[C@H]1C. The molecule has 10 nitrogen and oxygen atoms in total. The third-order valence-corrected chi connectivity index (χ3v) is 9.05. The van der Waals surface area contributed by atoms with Crippen LogP contribution in [0.25, 0.3) is 32.6 Å². The number of hydrogen-bond acceptors (Lipinski definition) is 9. The average molecular weight is 691 g/mol. The Morgan fingerprint density at radius 2 is 1.85 bits per heavy atom. The van der Waals surface area contributed by atoms with Gasteiger partial charge in [-0.05, 0) is 26.0 Å². The molecule has 1 aliphatic rings. The summed E-state index contributed by atoms with van der Waals surface area (Å²) in [6.45, 7) is 6.85. The average Bonchev–Trinajstić information content (AvgIpc) is 3.59. The number of carbonyl (C=O) groups excluding carboxylic acids is 1. The van der Waals surface area contributed by atoms with Crippen LogP contribution in [0.2, 0.25) is 0 Å². The molecule has 0 bridgehead atoms. The van der Waals surface area contributed by atoms with E-state index in [0.29, 0.717) is 23.1 Å². The second kappa shape index (κ2) is 12.2. The van der Waals surface area contributed by atoms with Gasteiger partial charge in [0.05, 0.1) is 29.9 Å². The molecule has 5 rings (SSSR count). The van der Waals surface area contributed by atoms with E-state index in [9.17, 15) is 30.8 Å². The van der Waals surface area contributed by atoms with Crippen LogP contribution in [0, 0.1) is 17.5 Å². The maximum atomic E-state index is 15.8. The fourth-order valence-corrected chi connectivity index (χ4v) is 6.42. The van der Waals surface area contributed by atoms with Gasteiger partial charge in [-0.15, -0.1) is 11.3 Å². The van der Waals surface area contributed by atoms with Crippen molar-refractivity contribution in [3.8, 4) is 34.1 Å². The number of hydrogen-bond donors (Lipinski definition) is 0. The van der Waals surface area contributed by atoms with Crippen molar-refractivity contribution >= 4 is 37.4 Å². The van der Waals surface area contributed by atoms with Crippen LogP contribution < -0.4 is 8.92 Å². The monoisotopic (exact) mass is 690 g/mol. The first kappa shape index (κ1) is 33.2. The summed E-state index contributed by atoms with van der Waals surface area (Å²) in [4.78, 5) is 18.1. The van der Waals surface area contributed by atoms with E-state index in [1.54, 1.807) is 13.8 Å². The van der Waals surface area contributed by atoms with Gasteiger partial charge in [-0.2, -0.15) is 26.7 Å². The van der Waals surface area contributed by atoms with Crippen LogP contribution in [0.4, 0.5) is 26.3 Å². The van der Waals surface area contributed by atoms with E-state index in [0.717, 1.165) is 17.5 Å². The normalized spacial score (nSPS) is 16.8. The molecule has 4 aromatic rings. The van der Waals surface area contributed by atoms with Crippen LogP contribution in [-0.2, 0) is 19.6 Å². The summed E-state index contributed by atoms with van der Waals surface area (Å²) >= 11 is 0.444. The topological polar surface area (TPSA) is 113 Å². The number of thiophene rings is 1. The molecule has 18 heteroatoms. The molecule has 0 N–H and O–H groups in total. The molecule has 4 heterocycles. The molecular weight excluding hydrogens is 666 g/mol. The lowest BCUT2D eigenvalue weighted by Crippen LogP contribution is -2.42. The van der Waals surface area contributed by atoms with Gasteiger partial charge in [0.2, 0.25) is 5.91 Å². The van der Waals surface area contributed by atoms with E-state index in [1.807, 2.05) is 0 Å². The summed E-state index contributed by atoms with van der Waals surface area (Å²) in [7, 11) is -4.96. The third-order valence-electron chi connectivity index (χ3n) is 7.17. The minimum absolute atomic E-state index is 0.0174. The number of alkyl halides is 3. The second-order valence-corrected chi connectivity index (χ2v) is 12.5. The molecule has 0 spiro atoms. The Balaban J connectivity index is 1.86. The number of ether oxygens (including phenoxy) is 2. The molecule has 2 atom stereocenters. The highest BCUT2D eigenvalue weighted by Gasteiger charge is 2.49. The lowest BCUT2D eigenvalue weighted by Gasteiger charge is -2.36. The number of halogens is 6. The highest BCUT2D eigenvalue weighted by Crippen LogP contribution is 2.49. The predicted molar refractivity (Wildman–Crippen MR) is 154 cm³/mol. The fraction of sp³-hybridized carbons (Fsp3) is 0.321. The molecule has 0 aliphatic carbocycles. The Labute approximate surface area is 261 Å². The van der Waals surface area contributed by atoms with E-state index in [4.69, 9.17) is 9.47 Å². The maximum Gasteiger partial charge on any atom is 0.534 e. The number of carbonyl (C=O) groups is 1. The molecule has 0 saturated heterocycles. The highest BCUT2D eigenvalue weighted by molar-refractivity contribution is 7.88. The van der Waals surface area contributed by atoms with Gasteiger partial charge in [0.15, 0.2) is 0 Å². The highest BCUT2D eigenvalue weighted by atomic mass is 32.2. The quantitative estimate of drug-likeness (QED) is 0.0677. The third kappa shape index (κ3) is 5.79. The molecule has 1 aromatic carbocycles. The van der Waals surface area contributed by atoms with Gasteiger partial charge < -0.3 is 18.6 Å². The molecule has 3 aromatic heterocycles. The number of methoxy groups -OCH3 is 1. The number of benzene rings is 1. The minimum Gasteiger partial charge on any atom is -0.490 e. The van der Waals surface area contributed by atoms with Gasteiger partial charge in [-0.25, -0.2) is 18.2 Å². The molecule has 46 heavy (non-hydrogen) atoms. The Morgan fingerprint density at radius 1 is 1.13 bits per heavy atom. The van der Waals surface area contributed by atoms with Gasteiger partial charge in [0, 0.05) is 42.1 Å². The lowest BCUT2D eigenvalue weighted by atomic mass is 9.96. The number of aromatic nitrogens is 3. The van der Waals surface area contributed by atoms with Crippen LogP contribution in [0.5, 0.6) is 11.6 Å². The van der Waals surface area contributed by atoms with Crippen molar-refractivity contribution in [1.82, 2.24) is 19.7 Å². The van der Waals surface area contributed by atoms with Gasteiger partial charge in [0.1, 0.15) is 45.9 Å². The Morgan fingerprint density at radius 3 is 2.50 bits per heavy atom. The van der Waals surface area contributed by atoms with Crippen LogP contribution in [0.3, 0.4) is 0 Å². The maximum absolute atomic E-state index is 15.8. The standard InChI is InChI=1S/C28H24F6N4O6S2/c1-5-21(39)37-11-13(2)38-19(14(37)3)10-18(36-38)25-24(22-16(30)8-15(29)9-20(22)43-7-6-42-4)23-17(31)12-45-26(23)27(35-25)44-46(40,41)28(32,33)34/h5,8-10,12-14H,1,6-7,11H2,2-4H3/t13-,14+/m0/s1. The van der Waals surface area contributed by atoms with E-state index >= 15 is 8.78 Å². The molecule has 0 radical (unpaired) electrons. The zero-order valence-corrected chi connectivity index (χ0v) is 25.8. The molecular formula is C28H24F6N4O6S2. The molecule has 0 saturated carbocycles. The van der Waals surface area contributed by atoms with Crippen LogP contribution in [0.15, 0.2) is 36.2 Å². The summed E-state index contributed by atoms with van der Waals surface area (Å²) in [5.41, 5.74) is -7.12. The van der Waals surface area contributed by atoms with Gasteiger partial charge in [-0.1, -0.05) is 6.58 Å². The molecule has 0 unspecified atom stereocenters. The first-order valence-electron chi connectivity index (χ1n) is 13.3. The van der Waals surface area contributed by atoms with Crippen LogP contribution in [-0.4, -0.2) is 66.4 Å². The molecule has 0 fully saturated rings. The van der Waals surface area contributed by atoms with Crippen LogP contribution in [0.1, 0.15) is 31.6 Å². The molecule has 1 amide bonds.